The van der Waals surface area contributed by atoms with Crippen LogP contribution in [-0.4, -0.2) is 32.8 Å². The Labute approximate surface area is 168 Å². The Hall–Kier alpha value is -2.76. The molecule has 1 aliphatic heterocycles. The lowest BCUT2D eigenvalue weighted by molar-refractivity contribution is 0.194. The van der Waals surface area contributed by atoms with Crippen molar-refractivity contribution in [3.8, 4) is 11.1 Å². The monoisotopic (exact) mass is 395 g/mol. The van der Waals surface area contributed by atoms with Crippen LogP contribution in [0.25, 0.3) is 22.2 Å². The topological polar surface area (TPSA) is 72.4 Å². The SMILES string of the molecule is CCCC(O)C1=CC=C(O)CN1c1cccc(-c2c(Cl)cnc3[nH]ccc23)c1. The minimum absolute atomic E-state index is 0.257. The zero-order valence-electron chi connectivity index (χ0n) is 15.6. The summed E-state index contributed by atoms with van der Waals surface area (Å²) in [4.78, 5) is 9.39. The van der Waals surface area contributed by atoms with Crippen LogP contribution in [0.4, 0.5) is 5.69 Å². The van der Waals surface area contributed by atoms with E-state index in [1.165, 1.54) is 0 Å². The Morgan fingerprint density at radius 1 is 1.29 bits per heavy atom. The highest BCUT2D eigenvalue weighted by Crippen LogP contribution is 2.36. The Balaban J connectivity index is 1.78. The Morgan fingerprint density at radius 2 is 2.14 bits per heavy atom. The molecule has 5 nitrogen and oxygen atoms in total. The molecule has 0 bridgehead atoms. The molecule has 2 aromatic heterocycles. The maximum absolute atomic E-state index is 10.6. The number of anilines is 1. The van der Waals surface area contributed by atoms with Crippen molar-refractivity contribution in [2.24, 2.45) is 0 Å². The van der Waals surface area contributed by atoms with Crippen LogP contribution in [0.2, 0.25) is 5.02 Å². The fraction of sp³-hybridized carbons (Fsp3) is 0.227. The molecule has 1 unspecified atom stereocenters. The van der Waals surface area contributed by atoms with E-state index in [1.54, 1.807) is 18.3 Å². The van der Waals surface area contributed by atoms with Gasteiger partial charge in [-0.15, -0.1) is 0 Å². The summed E-state index contributed by atoms with van der Waals surface area (Å²) in [5, 5.41) is 22.2. The molecule has 144 valence electrons. The molecule has 0 aliphatic carbocycles. The number of aliphatic hydroxyl groups excluding tert-OH is 2. The highest BCUT2D eigenvalue weighted by Gasteiger charge is 2.23. The number of pyridine rings is 1. The van der Waals surface area contributed by atoms with E-state index in [0.29, 0.717) is 18.0 Å². The van der Waals surface area contributed by atoms with Gasteiger partial charge in [-0.25, -0.2) is 4.98 Å². The Kier molecular flexibility index (Phi) is 5.11. The maximum Gasteiger partial charge on any atom is 0.137 e. The van der Waals surface area contributed by atoms with Crippen LogP contribution in [-0.2, 0) is 0 Å². The van der Waals surface area contributed by atoms with E-state index in [0.717, 1.165) is 40.0 Å². The summed E-state index contributed by atoms with van der Waals surface area (Å²) in [7, 11) is 0. The largest absolute Gasteiger partial charge is 0.510 e. The first-order valence-electron chi connectivity index (χ1n) is 9.36. The summed E-state index contributed by atoms with van der Waals surface area (Å²) in [6, 6.07) is 9.92. The van der Waals surface area contributed by atoms with Gasteiger partial charge in [-0.1, -0.05) is 37.1 Å². The zero-order chi connectivity index (χ0) is 19.7. The molecule has 0 spiro atoms. The molecule has 3 N–H and O–H groups in total. The van der Waals surface area contributed by atoms with Gasteiger partial charge >= 0.3 is 0 Å². The second kappa shape index (κ2) is 7.70. The standard InChI is InChI=1S/C22H22ClN3O2/c1-2-4-20(28)19-8-7-16(27)13-26(19)15-6-3-5-14(11-15)21-17-9-10-24-22(17)25-12-18(21)23/h3,5-12,20,27-28H,2,4,13H2,1H3,(H,24,25). The average Bonchev–Trinajstić information content (AvgIpc) is 3.16. The van der Waals surface area contributed by atoms with E-state index in [4.69, 9.17) is 11.6 Å². The molecule has 0 saturated heterocycles. The van der Waals surface area contributed by atoms with Crippen LogP contribution in [0.3, 0.4) is 0 Å². The fourth-order valence-electron chi connectivity index (χ4n) is 3.64. The van der Waals surface area contributed by atoms with Crippen molar-refractivity contribution in [1.82, 2.24) is 9.97 Å². The first-order chi connectivity index (χ1) is 13.6. The molecule has 3 heterocycles. The molecule has 0 radical (unpaired) electrons. The normalized spacial score (nSPS) is 15.5. The molecule has 1 atom stereocenters. The fourth-order valence-corrected chi connectivity index (χ4v) is 3.90. The van der Waals surface area contributed by atoms with Crippen LogP contribution in [0.1, 0.15) is 19.8 Å². The van der Waals surface area contributed by atoms with Gasteiger partial charge in [0.25, 0.3) is 0 Å². The van der Waals surface area contributed by atoms with Crippen LogP contribution in [0.5, 0.6) is 0 Å². The molecule has 0 amide bonds. The van der Waals surface area contributed by atoms with Crippen molar-refractivity contribution in [2.45, 2.75) is 25.9 Å². The quantitative estimate of drug-likeness (QED) is 0.555. The van der Waals surface area contributed by atoms with Gasteiger partial charge in [0.2, 0.25) is 0 Å². The number of aromatic nitrogens is 2. The van der Waals surface area contributed by atoms with Gasteiger partial charge < -0.3 is 20.1 Å². The number of aromatic amines is 1. The van der Waals surface area contributed by atoms with E-state index >= 15 is 0 Å². The number of aliphatic hydroxyl groups is 2. The van der Waals surface area contributed by atoms with Crippen molar-refractivity contribution in [3.05, 3.63) is 71.4 Å². The third kappa shape index (κ3) is 3.39. The van der Waals surface area contributed by atoms with Crippen molar-refractivity contribution in [1.29, 1.82) is 0 Å². The van der Waals surface area contributed by atoms with Gasteiger partial charge in [-0.05, 0) is 42.3 Å². The molecular weight excluding hydrogens is 374 g/mol. The average molecular weight is 396 g/mol. The number of allylic oxidation sites excluding steroid dienone is 2. The summed E-state index contributed by atoms with van der Waals surface area (Å²) in [5.74, 6) is 0.257. The number of halogens is 1. The number of rotatable bonds is 5. The highest BCUT2D eigenvalue weighted by atomic mass is 35.5. The third-order valence-corrected chi connectivity index (χ3v) is 5.26. The van der Waals surface area contributed by atoms with E-state index in [-0.39, 0.29) is 5.76 Å². The third-order valence-electron chi connectivity index (χ3n) is 4.97. The van der Waals surface area contributed by atoms with Crippen LogP contribution < -0.4 is 4.90 Å². The van der Waals surface area contributed by atoms with Gasteiger partial charge in [-0.3, -0.25) is 0 Å². The molecule has 4 rings (SSSR count). The van der Waals surface area contributed by atoms with Gasteiger partial charge in [0.05, 0.1) is 17.7 Å². The van der Waals surface area contributed by atoms with Crippen LogP contribution in [0, 0.1) is 0 Å². The lowest BCUT2D eigenvalue weighted by Gasteiger charge is -2.32. The van der Waals surface area contributed by atoms with E-state index in [1.807, 2.05) is 48.4 Å². The van der Waals surface area contributed by atoms with Crippen molar-refractivity contribution in [3.63, 3.8) is 0 Å². The van der Waals surface area contributed by atoms with Gasteiger partial charge in [0, 0.05) is 34.7 Å². The lowest BCUT2D eigenvalue weighted by Crippen LogP contribution is -2.33. The van der Waals surface area contributed by atoms with Gasteiger partial charge in [0.1, 0.15) is 11.4 Å². The van der Waals surface area contributed by atoms with E-state index < -0.39 is 6.10 Å². The summed E-state index contributed by atoms with van der Waals surface area (Å²) < 4.78 is 0. The predicted octanol–water partition coefficient (Wildman–Crippen LogP) is 5.19. The second-order valence-electron chi connectivity index (χ2n) is 6.91. The maximum atomic E-state index is 10.6. The molecule has 3 aromatic rings. The molecule has 28 heavy (non-hydrogen) atoms. The molecule has 6 heteroatoms. The van der Waals surface area contributed by atoms with Crippen LogP contribution >= 0.6 is 11.6 Å². The smallest absolute Gasteiger partial charge is 0.137 e. The summed E-state index contributed by atoms with van der Waals surface area (Å²) in [5.41, 5.74) is 4.31. The number of benzene rings is 1. The Bertz CT molecular complexity index is 1070. The molecule has 1 aromatic carbocycles. The van der Waals surface area contributed by atoms with E-state index in [9.17, 15) is 10.2 Å². The molecule has 1 aliphatic rings. The first kappa shape index (κ1) is 18.6. The molecule has 0 saturated carbocycles. The van der Waals surface area contributed by atoms with Crippen molar-refractivity contribution in [2.75, 3.05) is 11.4 Å². The number of nitrogens with one attached hydrogen (secondary N) is 1. The number of H-pyrrole nitrogens is 1. The Morgan fingerprint density at radius 3 is 2.96 bits per heavy atom. The van der Waals surface area contributed by atoms with Crippen molar-refractivity contribution >= 4 is 28.3 Å². The number of hydrogen-bond donors (Lipinski definition) is 3. The number of hydrogen-bond acceptors (Lipinski definition) is 4. The second-order valence-corrected chi connectivity index (χ2v) is 7.32. The van der Waals surface area contributed by atoms with Gasteiger partial charge in [0.15, 0.2) is 0 Å². The zero-order valence-corrected chi connectivity index (χ0v) is 16.3. The summed E-state index contributed by atoms with van der Waals surface area (Å²) in [6.45, 7) is 2.36. The predicted molar refractivity (Wildman–Crippen MR) is 114 cm³/mol. The number of fused-ring (bicyclic) bond motifs is 1. The van der Waals surface area contributed by atoms with E-state index in [2.05, 4.69) is 9.97 Å². The van der Waals surface area contributed by atoms with Crippen LogP contribution in [0.15, 0.2) is 66.3 Å². The summed E-state index contributed by atoms with van der Waals surface area (Å²) in [6.07, 6.45) is 7.88. The lowest BCUT2D eigenvalue weighted by atomic mass is 10.0. The molecular formula is C22H22ClN3O2. The summed E-state index contributed by atoms with van der Waals surface area (Å²) >= 11 is 6.49. The minimum atomic E-state index is -0.584. The minimum Gasteiger partial charge on any atom is -0.510 e. The first-order valence-corrected chi connectivity index (χ1v) is 9.73. The van der Waals surface area contributed by atoms with Gasteiger partial charge in [-0.2, -0.15) is 0 Å². The van der Waals surface area contributed by atoms with Crippen molar-refractivity contribution < 1.29 is 10.2 Å². The number of nitrogens with zero attached hydrogens (tertiary/aromatic N) is 2. The molecule has 0 fully saturated rings. The highest BCUT2D eigenvalue weighted by molar-refractivity contribution is 6.34.